The Bertz CT molecular complexity index is 681. The first-order valence-electron chi connectivity index (χ1n) is 11.9. The molecule has 0 spiro atoms. The standard InChI is InChI=1S/C23H39N5O4/c1-3-31-23(29)28-14-9-20(10-15-28)26-22(24-11-6-21-5-4-17-32-21)25-19-7-12-27(13-8-19)16-18-30-2/h4-5,17,19-20H,3,6-16,18H2,1-2H3,(H2,24,25,26). The maximum atomic E-state index is 12.0. The average molecular weight is 450 g/mol. The topological polar surface area (TPSA) is 91.6 Å². The Balaban J connectivity index is 1.50. The van der Waals surface area contributed by atoms with Crippen molar-refractivity contribution >= 4 is 12.1 Å². The van der Waals surface area contributed by atoms with Crippen LogP contribution < -0.4 is 10.6 Å². The van der Waals surface area contributed by atoms with Gasteiger partial charge in [-0.1, -0.05) is 0 Å². The number of amides is 1. The van der Waals surface area contributed by atoms with Crippen molar-refractivity contribution in [3.8, 4) is 0 Å². The second kappa shape index (κ2) is 13.3. The minimum atomic E-state index is -0.211. The highest BCUT2D eigenvalue weighted by molar-refractivity contribution is 5.80. The van der Waals surface area contributed by atoms with Crippen molar-refractivity contribution in [2.24, 2.45) is 4.99 Å². The molecule has 1 aromatic rings. The lowest BCUT2D eigenvalue weighted by atomic mass is 10.0. The first-order chi connectivity index (χ1) is 15.7. The van der Waals surface area contributed by atoms with Crippen LogP contribution in [0.5, 0.6) is 0 Å². The van der Waals surface area contributed by atoms with Crippen molar-refractivity contribution in [3.63, 3.8) is 0 Å². The average Bonchev–Trinajstić information content (AvgIpc) is 3.33. The fourth-order valence-electron chi connectivity index (χ4n) is 4.19. The van der Waals surface area contributed by atoms with E-state index >= 15 is 0 Å². The highest BCUT2D eigenvalue weighted by Gasteiger charge is 2.25. The maximum absolute atomic E-state index is 12.0. The molecular formula is C23H39N5O4. The highest BCUT2D eigenvalue weighted by atomic mass is 16.6. The number of ether oxygens (including phenoxy) is 2. The van der Waals surface area contributed by atoms with E-state index in [1.165, 1.54) is 0 Å². The number of carbonyl (C=O) groups is 1. The van der Waals surface area contributed by atoms with Gasteiger partial charge in [0.15, 0.2) is 5.96 Å². The Morgan fingerprint density at radius 3 is 2.44 bits per heavy atom. The van der Waals surface area contributed by atoms with Crippen LogP contribution >= 0.6 is 0 Å². The van der Waals surface area contributed by atoms with Gasteiger partial charge in [-0.2, -0.15) is 0 Å². The van der Waals surface area contributed by atoms with E-state index in [4.69, 9.17) is 18.9 Å². The second-order valence-electron chi connectivity index (χ2n) is 8.42. The van der Waals surface area contributed by atoms with Crippen LogP contribution in [-0.2, 0) is 15.9 Å². The molecule has 0 aliphatic carbocycles. The number of nitrogens with one attached hydrogen (secondary N) is 2. The van der Waals surface area contributed by atoms with Gasteiger partial charge < -0.3 is 34.3 Å². The predicted octanol–water partition coefficient (Wildman–Crippen LogP) is 2.09. The van der Waals surface area contributed by atoms with Crippen LogP contribution in [0.3, 0.4) is 0 Å². The van der Waals surface area contributed by atoms with Gasteiger partial charge in [-0.25, -0.2) is 4.79 Å². The Kier molecular flexibility index (Phi) is 10.2. The van der Waals surface area contributed by atoms with Gasteiger partial charge in [0.2, 0.25) is 0 Å². The Morgan fingerprint density at radius 2 is 1.84 bits per heavy atom. The zero-order valence-electron chi connectivity index (χ0n) is 19.6. The summed E-state index contributed by atoms with van der Waals surface area (Å²) in [5, 5.41) is 7.28. The molecule has 2 aliphatic heterocycles. The van der Waals surface area contributed by atoms with E-state index in [0.29, 0.717) is 32.3 Å². The molecule has 9 heteroatoms. The fraction of sp³-hybridized carbons (Fsp3) is 0.739. The normalized spacial score (nSPS) is 19.2. The van der Waals surface area contributed by atoms with Crippen LogP contribution in [0.1, 0.15) is 38.4 Å². The molecule has 1 amide bonds. The lowest BCUT2D eigenvalue weighted by Crippen LogP contribution is -2.53. The summed E-state index contributed by atoms with van der Waals surface area (Å²) in [6, 6.07) is 4.59. The molecule has 0 unspecified atom stereocenters. The summed E-state index contributed by atoms with van der Waals surface area (Å²) >= 11 is 0. The van der Waals surface area contributed by atoms with Gasteiger partial charge in [-0.05, 0) is 44.7 Å². The molecule has 0 saturated carbocycles. The van der Waals surface area contributed by atoms with Crippen LogP contribution in [0.25, 0.3) is 0 Å². The number of guanidine groups is 1. The molecule has 2 saturated heterocycles. The molecular weight excluding hydrogens is 410 g/mol. The van der Waals surface area contributed by atoms with Gasteiger partial charge in [-0.3, -0.25) is 4.99 Å². The van der Waals surface area contributed by atoms with Gasteiger partial charge in [0.1, 0.15) is 5.76 Å². The molecule has 0 radical (unpaired) electrons. The van der Waals surface area contributed by atoms with Crippen molar-refractivity contribution in [2.75, 3.05) is 59.6 Å². The van der Waals surface area contributed by atoms with Gasteiger partial charge in [0, 0.05) is 64.9 Å². The first kappa shape index (κ1) is 24.4. The summed E-state index contributed by atoms with van der Waals surface area (Å²) in [6.07, 6.45) is 6.20. The molecule has 9 nitrogen and oxygen atoms in total. The predicted molar refractivity (Wildman–Crippen MR) is 124 cm³/mol. The Morgan fingerprint density at radius 1 is 1.16 bits per heavy atom. The van der Waals surface area contributed by atoms with Gasteiger partial charge in [0.05, 0.1) is 19.5 Å². The monoisotopic (exact) mass is 449 g/mol. The lowest BCUT2D eigenvalue weighted by Gasteiger charge is -2.35. The number of likely N-dealkylation sites (tertiary alicyclic amines) is 2. The molecule has 0 bridgehead atoms. The van der Waals surface area contributed by atoms with Crippen molar-refractivity contribution in [3.05, 3.63) is 24.2 Å². The molecule has 32 heavy (non-hydrogen) atoms. The zero-order valence-corrected chi connectivity index (χ0v) is 19.6. The highest BCUT2D eigenvalue weighted by Crippen LogP contribution is 2.13. The molecule has 2 N–H and O–H groups in total. The number of nitrogens with zero attached hydrogens (tertiary/aromatic N) is 3. The summed E-state index contributed by atoms with van der Waals surface area (Å²) in [5.74, 6) is 1.81. The Labute approximate surface area is 191 Å². The number of hydrogen-bond donors (Lipinski definition) is 2. The molecule has 180 valence electrons. The summed E-state index contributed by atoms with van der Waals surface area (Å²) in [7, 11) is 1.75. The third-order valence-electron chi connectivity index (χ3n) is 6.11. The van der Waals surface area contributed by atoms with Gasteiger partial charge in [0.25, 0.3) is 0 Å². The number of aliphatic imine (C=N–C) groups is 1. The molecule has 1 aromatic heterocycles. The third-order valence-corrected chi connectivity index (χ3v) is 6.11. The van der Waals surface area contributed by atoms with E-state index in [2.05, 4.69) is 15.5 Å². The third kappa shape index (κ3) is 8.02. The van der Waals surface area contributed by atoms with E-state index in [-0.39, 0.29) is 12.1 Å². The largest absolute Gasteiger partial charge is 0.469 e. The maximum Gasteiger partial charge on any atom is 0.409 e. The Hall–Kier alpha value is -2.26. The summed E-state index contributed by atoms with van der Waals surface area (Å²) in [4.78, 5) is 21.0. The number of piperidine rings is 2. The van der Waals surface area contributed by atoms with Crippen LogP contribution in [0.2, 0.25) is 0 Å². The van der Waals surface area contributed by atoms with Gasteiger partial charge in [-0.15, -0.1) is 0 Å². The minimum absolute atomic E-state index is 0.211. The molecule has 2 fully saturated rings. The minimum Gasteiger partial charge on any atom is -0.469 e. The molecule has 3 rings (SSSR count). The van der Waals surface area contributed by atoms with Gasteiger partial charge >= 0.3 is 6.09 Å². The second-order valence-corrected chi connectivity index (χ2v) is 8.42. The van der Waals surface area contributed by atoms with Crippen molar-refractivity contribution in [1.29, 1.82) is 0 Å². The molecule has 3 heterocycles. The number of furan rings is 1. The van der Waals surface area contributed by atoms with Crippen molar-refractivity contribution in [1.82, 2.24) is 20.4 Å². The van der Waals surface area contributed by atoms with Crippen molar-refractivity contribution < 1.29 is 18.7 Å². The molecule has 0 atom stereocenters. The van der Waals surface area contributed by atoms with Crippen LogP contribution in [0, 0.1) is 0 Å². The van der Waals surface area contributed by atoms with Crippen LogP contribution in [0.4, 0.5) is 4.79 Å². The lowest BCUT2D eigenvalue weighted by molar-refractivity contribution is 0.0962. The fourth-order valence-corrected chi connectivity index (χ4v) is 4.19. The van der Waals surface area contributed by atoms with Crippen LogP contribution in [0.15, 0.2) is 27.8 Å². The van der Waals surface area contributed by atoms with E-state index in [0.717, 1.165) is 70.1 Å². The van der Waals surface area contributed by atoms with E-state index < -0.39 is 0 Å². The summed E-state index contributed by atoms with van der Waals surface area (Å²) in [6.45, 7) is 8.23. The van der Waals surface area contributed by atoms with E-state index in [1.54, 1.807) is 18.3 Å². The number of carbonyl (C=O) groups excluding carboxylic acids is 1. The summed E-state index contributed by atoms with van der Waals surface area (Å²) in [5.41, 5.74) is 0. The number of methoxy groups -OCH3 is 1. The molecule has 0 aromatic carbocycles. The quantitative estimate of drug-likeness (QED) is 0.441. The van der Waals surface area contributed by atoms with E-state index in [1.807, 2.05) is 19.1 Å². The molecule has 2 aliphatic rings. The van der Waals surface area contributed by atoms with E-state index in [9.17, 15) is 4.79 Å². The SMILES string of the molecule is CCOC(=O)N1CCC(NC(=NCCc2ccco2)NC2CCN(CCOC)CC2)CC1. The first-order valence-corrected chi connectivity index (χ1v) is 11.9. The number of rotatable bonds is 9. The van der Waals surface area contributed by atoms with Crippen molar-refractivity contribution in [2.45, 2.75) is 51.1 Å². The zero-order chi connectivity index (χ0) is 22.6. The number of hydrogen-bond acceptors (Lipinski definition) is 6. The smallest absolute Gasteiger partial charge is 0.409 e. The van der Waals surface area contributed by atoms with Crippen LogP contribution in [-0.4, -0.2) is 93.5 Å². The summed E-state index contributed by atoms with van der Waals surface area (Å²) < 4.78 is 15.8.